The molecule has 1 aliphatic rings. The molecule has 0 radical (unpaired) electrons. The molecule has 0 aromatic carbocycles. The van der Waals surface area contributed by atoms with E-state index in [9.17, 15) is 57.9 Å². The molecule has 1 saturated heterocycles. The number of fused-ring (bicyclic) bond motifs is 1. The fraction of sp³-hybridized carbons (Fsp3) is 0.548. The van der Waals surface area contributed by atoms with Gasteiger partial charge >= 0.3 is 23.5 Å². The van der Waals surface area contributed by atoms with Crippen molar-refractivity contribution in [3.63, 3.8) is 0 Å². The smallest absolute Gasteiger partial charge is 0.386 e. The Hall–Kier alpha value is -3.22. The number of carbonyl (C=O) groups is 3. The monoisotopic (exact) mass is 915 g/mol. The zero-order chi connectivity index (χ0) is 44.0. The van der Waals surface area contributed by atoms with Crippen molar-refractivity contribution in [1.29, 1.82) is 0 Å². The largest absolute Gasteiger partial charge is 0.481 e. The number of hydrogen-bond donors (Lipinski definition) is 9. The van der Waals surface area contributed by atoms with Gasteiger partial charge in [0.25, 0.3) is 0 Å². The molecule has 59 heavy (non-hydrogen) atoms. The molecule has 0 aliphatic carbocycles. The van der Waals surface area contributed by atoms with Crippen molar-refractivity contribution in [3.8, 4) is 0 Å². The third-order valence-electron chi connectivity index (χ3n) is 7.94. The predicted molar refractivity (Wildman–Crippen MR) is 209 cm³/mol. The molecule has 3 heterocycles. The molecule has 0 bridgehead atoms. The zero-order valence-corrected chi connectivity index (χ0v) is 35.5. The normalized spacial score (nSPS) is 21.6. The van der Waals surface area contributed by atoms with Gasteiger partial charge in [-0.1, -0.05) is 56.0 Å². The Morgan fingerprint density at radius 1 is 1.03 bits per heavy atom. The first-order chi connectivity index (χ1) is 27.6. The Bertz CT molecular complexity index is 1990. The van der Waals surface area contributed by atoms with Crippen molar-refractivity contribution in [3.05, 3.63) is 49.1 Å². The molecule has 7 atom stereocenters. The number of phosphoric ester groups is 3. The molecule has 2 amide bonds. The van der Waals surface area contributed by atoms with Crippen molar-refractivity contribution < 1.29 is 80.5 Å². The second-order valence-electron chi connectivity index (χ2n) is 13.2. The summed E-state index contributed by atoms with van der Waals surface area (Å²) in [7, 11) is -16.4. The van der Waals surface area contributed by atoms with E-state index in [1.54, 1.807) is 6.08 Å². The molecule has 330 valence electrons. The standard InChI is InChI=1S/C31H48N7O17P3S/c1-4-5-6-7-8-9-10-11-22(40)59-15-14-33-21(39)12-13-34-29(43)26(42)31(2,3)17-52-58(49,50)55-57(47,48)51-16-20-25(54-56(44,45)46)24(41)30(53-20)38-19-37-23-27(32)35-18-36-28(23)38/h4-7,10-11,18-20,24-26,30,41-42H,8-9,12-17H2,1-3H3,(H,33,39)(H,34,43)(H,47,48)(H,49,50)(H2,32,35,36)(H2,44,45,46)/b5-4+,7-6+,11-10+. The van der Waals surface area contributed by atoms with E-state index in [2.05, 4.69) is 34.4 Å². The van der Waals surface area contributed by atoms with Crippen LogP contribution < -0.4 is 16.4 Å². The van der Waals surface area contributed by atoms with Crippen LogP contribution in [0, 0.1) is 5.41 Å². The molecular weight excluding hydrogens is 867 g/mol. The number of ether oxygens (including phenoxy) is 1. The van der Waals surface area contributed by atoms with Gasteiger partial charge in [0, 0.05) is 30.7 Å². The van der Waals surface area contributed by atoms with Crippen LogP contribution in [0.5, 0.6) is 0 Å². The molecule has 3 rings (SSSR count). The third-order valence-corrected chi connectivity index (χ3v) is 11.9. The van der Waals surface area contributed by atoms with E-state index in [0.29, 0.717) is 12.2 Å². The van der Waals surface area contributed by atoms with Gasteiger partial charge in [-0.3, -0.25) is 32.5 Å². The maximum atomic E-state index is 12.7. The molecular formula is C31H48N7O17P3S. The van der Waals surface area contributed by atoms with Crippen LogP contribution in [0.2, 0.25) is 0 Å². The molecule has 28 heteroatoms. The lowest BCUT2D eigenvalue weighted by atomic mass is 9.87. The number of carbonyl (C=O) groups excluding carboxylic acids is 3. The first-order valence-electron chi connectivity index (χ1n) is 17.6. The van der Waals surface area contributed by atoms with Crippen LogP contribution in [-0.4, -0.2) is 123 Å². The first-order valence-corrected chi connectivity index (χ1v) is 23.1. The van der Waals surface area contributed by atoms with Crippen molar-refractivity contribution in [1.82, 2.24) is 30.2 Å². The average Bonchev–Trinajstić information content (AvgIpc) is 3.71. The second kappa shape index (κ2) is 22.6. The van der Waals surface area contributed by atoms with Crippen molar-refractivity contribution in [2.24, 2.45) is 5.41 Å². The van der Waals surface area contributed by atoms with Crippen molar-refractivity contribution >= 4 is 69.1 Å². The average molecular weight is 916 g/mol. The minimum atomic E-state index is -5.57. The SMILES string of the molecule is C/C=C/C=C/CC/C=C/C(=O)SCCNC(=O)CCNC(=O)C(O)C(C)(C)COP(=O)(O)OP(=O)(O)OCC1OC(n2cnc3c(N)ncnc32)C(O)C1OP(=O)(O)O. The Morgan fingerprint density at radius 3 is 2.42 bits per heavy atom. The number of aromatic nitrogens is 4. The van der Waals surface area contributed by atoms with Crippen LogP contribution in [0.3, 0.4) is 0 Å². The lowest BCUT2D eigenvalue weighted by molar-refractivity contribution is -0.137. The van der Waals surface area contributed by atoms with E-state index in [4.69, 9.17) is 19.5 Å². The maximum Gasteiger partial charge on any atom is 0.481 e. The Labute approximate surface area is 342 Å². The summed E-state index contributed by atoms with van der Waals surface area (Å²) in [5.74, 6) is -1.15. The molecule has 7 unspecified atom stereocenters. The van der Waals surface area contributed by atoms with E-state index >= 15 is 0 Å². The number of nitrogens with two attached hydrogens (primary N) is 1. The number of hydrogen-bond acceptors (Lipinski definition) is 18. The fourth-order valence-electron chi connectivity index (χ4n) is 4.99. The number of phosphoric acid groups is 3. The summed E-state index contributed by atoms with van der Waals surface area (Å²) in [4.78, 5) is 87.6. The topological polar surface area (TPSA) is 364 Å². The minimum Gasteiger partial charge on any atom is -0.386 e. The number of rotatable bonds is 24. The lowest BCUT2D eigenvalue weighted by Crippen LogP contribution is -2.46. The van der Waals surface area contributed by atoms with Crippen LogP contribution in [0.1, 0.15) is 46.3 Å². The molecule has 10 N–H and O–H groups in total. The number of nitrogen functional groups attached to an aromatic ring is 1. The zero-order valence-electron chi connectivity index (χ0n) is 32.0. The Morgan fingerprint density at radius 2 is 1.73 bits per heavy atom. The summed E-state index contributed by atoms with van der Waals surface area (Å²) in [6.07, 6.45) is 5.51. The summed E-state index contributed by atoms with van der Waals surface area (Å²) in [6, 6.07) is 0. The summed E-state index contributed by atoms with van der Waals surface area (Å²) >= 11 is 1.03. The van der Waals surface area contributed by atoms with Crippen molar-refractivity contribution in [2.45, 2.75) is 70.7 Å². The van der Waals surface area contributed by atoms with E-state index in [1.165, 1.54) is 19.9 Å². The van der Waals surface area contributed by atoms with Crippen LogP contribution >= 0.6 is 35.2 Å². The number of imidazole rings is 1. The maximum absolute atomic E-state index is 12.7. The van der Waals surface area contributed by atoms with Crippen LogP contribution in [0.15, 0.2) is 49.1 Å². The highest BCUT2D eigenvalue weighted by atomic mass is 32.2. The molecule has 24 nitrogen and oxygen atoms in total. The third kappa shape index (κ3) is 16.6. The first kappa shape index (κ1) is 50.1. The number of nitrogens with zero attached hydrogens (tertiary/aromatic N) is 4. The van der Waals surface area contributed by atoms with Gasteiger partial charge in [0.15, 0.2) is 17.7 Å². The van der Waals surface area contributed by atoms with E-state index < -0.39 is 84.6 Å². The lowest BCUT2D eigenvalue weighted by Gasteiger charge is -2.30. The number of aliphatic hydroxyl groups excluding tert-OH is 2. The molecule has 1 fully saturated rings. The molecule has 0 saturated carbocycles. The highest BCUT2D eigenvalue weighted by Crippen LogP contribution is 2.61. The molecule has 2 aromatic rings. The van der Waals surface area contributed by atoms with E-state index in [-0.39, 0.29) is 41.6 Å². The van der Waals surface area contributed by atoms with Crippen molar-refractivity contribution in [2.75, 3.05) is 37.8 Å². The number of thioether (sulfide) groups is 1. The number of aliphatic hydroxyl groups is 2. The summed E-state index contributed by atoms with van der Waals surface area (Å²) in [5, 5.41) is 26.2. The van der Waals surface area contributed by atoms with Gasteiger partial charge < -0.3 is 50.9 Å². The van der Waals surface area contributed by atoms with Crippen LogP contribution in [0.25, 0.3) is 11.2 Å². The summed E-state index contributed by atoms with van der Waals surface area (Å²) in [6.45, 7) is 2.37. The highest BCUT2D eigenvalue weighted by molar-refractivity contribution is 8.14. The number of allylic oxidation sites excluding steroid dienone is 5. The van der Waals surface area contributed by atoms with Crippen LogP contribution in [0.4, 0.5) is 5.82 Å². The van der Waals surface area contributed by atoms with Gasteiger partial charge in [-0.15, -0.1) is 0 Å². The van der Waals surface area contributed by atoms with Gasteiger partial charge in [-0.2, -0.15) is 4.31 Å². The number of amides is 2. The van der Waals surface area contributed by atoms with E-state index in [1.807, 2.05) is 31.2 Å². The Balaban J connectivity index is 1.44. The highest BCUT2D eigenvalue weighted by Gasteiger charge is 2.50. The van der Waals surface area contributed by atoms with Gasteiger partial charge in [0.1, 0.15) is 36.3 Å². The molecule has 0 spiro atoms. The van der Waals surface area contributed by atoms with Crippen LogP contribution in [-0.2, 0) is 50.7 Å². The number of anilines is 1. The molecule has 2 aromatic heterocycles. The summed E-state index contributed by atoms with van der Waals surface area (Å²) < 4.78 is 62.2. The summed E-state index contributed by atoms with van der Waals surface area (Å²) in [5.41, 5.74) is 4.26. The quantitative estimate of drug-likeness (QED) is 0.0308. The number of unbranched alkanes of at least 4 members (excludes halogenated alkanes) is 1. The molecule has 1 aliphatic heterocycles. The fourth-order valence-corrected chi connectivity index (χ4v) is 8.41. The Kier molecular flexibility index (Phi) is 19.2. The van der Waals surface area contributed by atoms with Gasteiger partial charge in [-0.25, -0.2) is 28.6 Å². The van der Waals surface area contributed by atoms with Gasteiger partial charge in [0.05, 0.1) is 19.5 Å². The van der Waals surface area contributed by atoms with E-state index in [0.717, 1.165) is 35.4 Å². The van der Waals surface area contributed by atoms with Gasteiger partial charge in [-0.05, 0) is 25.8 Å². The minimum absolute atomic E-state index is 0.0292. The predicted octanol–water partition coefficient (Wildman–Crippen LogP) is 1.13. The second-order valence-corrected chi connectivity index (χ2v) is 18.5. The van der Waals surface area contributed by atoms with Gasteiger partial charge in [0.2, 0.25) is 16.9 Å². The number of nitrogens with one attached hydrogen (secondary N) is 2.